The molecule has 1 aliphatic heterocycles. The average Bonchev–Trinajstić information content (AvgIpc) is 2.48. The first-order chi connectivity index (χ1) is 8.17. The van der Waals surface area contributed by atoms with Crippen molar-refractivity contribution in [3.8, 4) is 0 Å². The lowest BCUT2D eigenvalue weighted by Gasteiger charge is -2.34. The van der Waals surface area contributed by atoms with E-state index in [0.717, 1.165) is 0 Å². The Morgan fingerprint density at radius 1 is 1.56 bits per heavy atom. The molecule has 0 aliphatic carbocycles. The lowest BCUT2D eigenvalue weighted by Crippen LogP contribution is -2.49. The molecule has 0 aromatic rings. The van der Waals surface area contributed by atoms with E-state index in [1.807, 2.05) is 34.6 Å². The van der Waals surface area contributed by atoms with Crippen molar-refractivity contribution in [3.63, 3.8) is 0 Å². The summed E-state index contributed by atoms with van der Waals surface area (Å²) < 4.78 is 11.0. The molecule has 1 saturated heterocycles. The van der Waals surface area contributed by atoms with E-state index >= 15 is 0 Å². The minimum absolute atomic E-state index is 0.163. The normalized spacial score (nSPS) is 22.3. The third-order valence-corrected chi connectivity index (χ3v) is 2.73. The number of rotatable bonds is 1. The van der Waals surface area contributed by atoms with E-state index in [1.165, 1.54) is 0 Å². The predicted octanol–water partition coefficient (Wildman–Crippen LogP) is 3.42. The number of nitrogens with zero attached hydrogens (tertiary/aromatic N) is 1. The van der Waals surface area contributed by atoms with Gasteiger partial charge in [0.05, 0.1) is 12.6 Å². The van der Waals surface area contributed by atoms with Crippen molar-refractivity contribution in [3.05, 3.63) is 16.8 Å². The van der Waals surface area contributed by atoms with Crippen LogP contribution in [0.25, 0.3) is 0 Å². The number of halogens is 1. The highest BCUT2D eigenvalue weighted by atomic mass is 79.9. The molecule has 0 aromatic carbocycles. The van der Waals surface area contributed by atoms with E-state index in [2.05, 4.69) is 21.7 Å². The van der Waals surface area contributed by atoms with Gasteiger partial charge in [0, 0.05) is 4.99 Å². The zero-order chi connectivity index (χ0) is 14.0. The molecule has 0 unspecified atom stereocenters. The highest BCUT2D eigenvalue weighted by Gasteiger charge is 2.44. The lowest BCUT2D eigenvalue weighted by atomic mass is 10.2. The summed E-state index contributed by atoms with van der Waals surface area (Å²) in [6.45, 7) is 9.68. The van der Waals surface area contributed by atoms with Crippen LogP contribution in [0.3, 0.4) is 0 Å². The average molecular weight is 318 g/mol. The van der Waals surface area contributed by atoms with Gasteiger partial charge in [0.25, 0.3) is 0 Å². The summed E-state index contributed by atoms with van der Waals surface area (Å²) in [5, 5.41) is 0. The van der Waals surface area contributed by atoms with Crippen LogP contribution >= 0.6 is 15.9 Å². The summed E-state index contributed by atoms with van der Waals surface area (Å²) in [4.78, 5) is 15.4. The number of ether oxygens (including phenoxy) is 2. The molecule has 0 spiro atoms. The molecule has 1 rings (SSSR count). The number of hydrogen-bond acceptors (Lipinski definition) is 3. The number of carbonyl (C=O) groups excluding carboxylic acids is 1. The molecule has 0 bridgehead atoms. The number of carbonyl (C=O) groups is 1. The van der Waals surface area contributed by atoms with Gasteiger partial charge in [0.15, 0.2) is 0 Å². The van der Waals surface area contributed by atoms with Gasteiger partial charge in [-0.15, -0.1) is 5.73 Å². The van der Waals surface area contributed by atoms with Crippen LogP contribution in [0.1, 0.15) is 34.6 Å². The molecule has 102 valence electrons. The van der Waals surface area contributed by atoms with E-state index in [0.29, 0.717) is 6.61 Å². The summed E-state index contributed by atoms with van der Waals surface area (Å²) in [6, 6.07) is -0.163. The van der Waals surface area contributed by atoms with Gasteiger partial charge in [-0.25, -0.2) is 4.79 Å². The van der Waals surface area contributed by atoms with E-state index in [1.54, 1.807) is 16.0 Å². The second kappa shape index (κ2) is 5.47. The summed E-state index contributed by atoms with van der Waals surface area (Å²) in [5.41, 5.74) is 1.73. The molecule has 0 N–H and O–H groups in total. The van der Waals surface area contributed by atoms with Crippen LogP contribution < -0.4 is 0 Å². The first-order valence-electron chi connectivity index (χ1n) is 5.85. The molecular weight excluding hydrogens is 298 g/mol. The molecule has 1 fully saturated rings. The van der Waals surface area contributed by atoms with E-state index in [9.17, 15) is 4.79 Å². The maximum Gasteiger partial charge on any atom is 0.413 e. The molecular formula is C13H20BrNO3. The van der Waals surface area contributed by atoms with Gasteiger partial charge in [-0.05, 0) is 40.7 Å². The third kappa shape index (κ3) is 3.87. The largest absolute Gasteiger partial charge is 0.444 e. The van der Waals surface area contributed by atoms with Gasteiger partial charge in [-0.1, -0.05) is 15.9 Å². The SMILES string of the molecule is CC(C)(C)OC(=O)N1[C@@H](C=C=CBr)COC1(C)C. The summed E-state index contributed by atoms with van der Waals surface area (Å²) >= 11 is 3.15. The molecule has 0 saturated carbocycles. The smallest absolute Gasteiger partial charge is 0.413 e. The molecule has 4 nitrogen and oxygen atoms in total. The van der Waals surface area contributed by atoms with Crippen molar-refractivity contribution in [2.75, 3.05) is 6.61 Å². The summed E-state index contributed by atoms with van der Waals surface area (Å²) in [5.74, 6) is 0. The van der Waals surface area contributed by atoms with Gasteiger partial charge in [0.2, 0.25) is 0 Å². The fourth-order valence-electron chi connectivity index (χ4n) is 1.77. The Kier molecular flexibility index (Phi) is 4.65. The molecule has 0 radical (unpaired) electrons. The highest BCUT2D eigenvalue weighted by Crippen LogP contribution is 2.29. The first-order valence-corrected chi connectivity index (χ1v) is 6.76. The lowest BCUT2D eigenvalue weighted by molar-refractivity contribution is -0.0610. The number of amides is 1. The second-order valence-corrected chi connectivity index (χ2v) is 6.08. The van der Waals surface area contributed by atoms with Gasteiger partial charge < -0.3 is 9.47 Å². The Morgan fingerprint density at radius 3 is 2.67 bits per heavy atom. The quantitative estimate of drug-likeness (QED) is 0.695. The van der Waals surface area contributed by atoms with Crippen LogP contribution in [0.2, 0.25) is 0 Å². The van der Waals surface area contributed by atoms with Crippen molar-refractivity contribution in [2.24, 2.45) is 0 Å². The minimum atomic E-state index is -0.669. The Morgan fingerprint density at radius 2 is 2.17 bits per heavy atom. The van der Waals surface area contributed by atoms with Gasteiger partial charge >= 0.3 is 6.09 Å². The molecule has 1 atom stereocenters. The fourth-order valence-corrected chi connectivity index (χ4v) is 1.92. The number of hydrogen-bond donors (Lipinski definition) is 0. The van der Waals surface area contributed by atoms with E-state index in [4.69, 9.17) is 9.47 Å². The van der Waals surface area contributed by atoms with Crippen molar-refractivity contribution in [1.29, 1.82) is 0 Å². The minimum Gasteiger partial charge on any atom is -0.444 e. The van der Waals surface area contributed by atoms with Crippen molar-refractivity contribution in [1.82, 2.24) is 4.90 Å². The topological polar surface area (TPSA) is 38.8 Å². The van der Waals surface area contributed by atoms with Crippen LogP contribution in [0, 0.1) is 0 Å². The monoisotopic (exact) mass is 317 g/mol. The maximum atomic E-state index is 12.2. The molecule has 18 heavy (non-hydrogen) atoms. The van der Waals surface area contributed by atoms with E-state index in [-0.39, 0.29) is 12.1 Å². The van der Waals surface area contributed by atoms with E-state index < -0.39 is 11.3 Å². The molecule has 1 amide bonds. The molecule has 1 aliphatic rings. The Balaban J connectivity index is 2.92. The third-order valence-electron chi connectivity index (χ3n) is 2.46. The van der Waals surface area contributed by atoms with Crippen LogP contribution in [0.4, 0.5) is 4.79 Å². The summed E-state index contributed by atoms with van der Waals surface area (Å²) in [6.07, 6.45) is 1.41. The molecule has 0 aromatic heterocycles. The fraction of sp³-hybridized carbons (Fsp3) is 0.692. The Hall–Kier alpha value is -0.770. The van der Waals surface area contributed by atoms with Crippen LogP contribution in [-0.2, 0) is 9.47 Å². The predicted molar refractivity (Wildman–Crippen MR) is 73.5 cm³/mol. The van der Waals surface area contributed by atoms with Gasteiger partial charge in [-0.3, -0.25) is 4.90 Å². The van der Waals surface area contributed by atoms with Crippen molar-refractivity contribution in [2.45, 2.75) is 52.0 Å². The second-order valence-electron chi connectivity index (χ2n) is 5.62. The van der Waals surface area contributed by atoms with Gasteiger partial charge in [0.1, 0.15) is 11.3 Å². The summed E-state index contributed by atoms with van der Waals surface area (Å²) in [7, 11) is 0. The standard InChI is InChI=1S/C13H20BrNO3/c1-12(2,3)18-11(16)15-10(7-6-8-14)9-17-13(15,4)5/h7-8,10H,9H2,1-5H3/t6?,10-/m0/s1. The maximum absolute atomic E-state index is 12.2. The zero-order valence-corrected chi connectivity index (χ0v) is 13.1. The van der Waals surface area contributed by atoms with Crippen molar-refractivity contribution < 1.29 is 14.3 Å². The molecule has 1 heterocycles. The van der Waals surface area contributed by atoms with Gasteiger partial charge in [-0.2, -0.15) is 0 Å². The first kappa shape index (κ1) is 15.3. The Labute approximate surface area is 117 Å². The highest BCUT2D eigenvalue weighted by molar-refractivity contribution is 9.11. The van der Waals surface area contributed by atoms with Crippen LogP contribution in [0.15, 0.2) is 16.8 Å². The van der Waals surface area contributed by atoms with Crippen LogP contribution in [-0.4, -0.2) is 35.0 Å². The van der Waals surface area contributed by atoms with Crippen LogP contribution in [0.5, 0.6) is 0 Å². The molecule has 5 heteroatoms. The zero-order valence-electron chi connectivity index (χ0n) is 11.5. The Bertz CT molecular complexity index is 378. The van der Waals surface area contributed by atoms with Crippen molar-refractivity contribution >= 4 is 22.0 Å².